The van der Waals surface area contributed by atoms with Crippen molar-refractivity contribution in [1.29, 1.82) is 0 Å². The molecule has 14 heavy (non-hydrogen) atoms. The third-order valence-corrected chi connectivity index (χ3v) is 2.16. The fourth-order valence-electron chi connectivity index (χ4n) is 0.992. The standard InChI is InChI=1S/C10H6Cl2O2/c11-7-1-2-9(12)10(5-7)14-8-3-4-13-6-8/h1-6H. The second-order valence-corrected chi connectivity index (χ2v) is 3.48. The number of ether oxygens (including phenoxy) is 1. The van der Waals surface area contributed by atoms with Crippen LogP contribution in [0, 0.1) is 0 Å². The van der Waals surface area contributed by atoms with E-state index in [1.165, 1.54) is 12.5 Å². The molecule has 0 amide bonds. The Labute approximate surface area is 91.0 Å². The highest BCUT2D eigenvalue weighted by atomic mass is 35.5. The predicted octanol–water partition coefficient (Wildman–Crippen LogP) is 4.38. The molecular formula is C10H6Cl2O2. The summed E-state index contributed by atoms with van der Waals surface area (Å²) in [6.45, 7) is 0. The highest BCUT2D eigenvalue weighted by Gasteiger charge is 2.04. The van der Waals surface area contributed by atoms with Gasteiger partial charge in [0.25, 0.3) is 0 Å². The maximum Gasteiger partial charge on any atom is 0.165 e. The topological polar surface area (TPSA) is 22.4 Å². The average molecular weight is 229 g/mol. The van der Waals surface area contributed by atoms with Crippen molar-refractivity contribution in [3.8, 4) is 11.5 Å². The largest absolute Gasteiger partial charge is 0.469 e. The van der Waals surface area contributed by atoms with Crippen molar-refractivity contribution in [2.45, 2.75) is 0 Å². The van der Waals surface area contributed by atoms with Gasteiger partial charge in [-0.2, -0.15) is 0 Å². The molecule has 0 aliphatic heterocycles. The molecule has 2 rings (SSSR count). The molecular weight excluding hydrogens is 223 g/mol. The summed E-state index contributed by atoms with van der Waals surface area (Å²) in [5, 5.41) is 1.09. The predicted molar refractivity (Wildman–Crippen MR) is 55.2 cm³/mol. The summed E-state index contributed by atoms with van der Waals surface area (Å²) >= 11 is 11.7. The van der Waals surface area contributed by atoms with Crippen molar-refractivity contribution in [2.75, 3.05) is 0 Å². The van der Waals surface area contributed by atoms with E-state index in [0.29, 0.717) is 21.5 Å². The van der Waals surface area contributed by atoms with Crippen LogP contribution in [0.4, 0.5) is 0 Å². The Balaban J connectivity index is 2.28. The first-order chi connectivity index (χ1) is 6.75. The molecule has 1 aromatic heterocycles. The first-order valence-electron chi connectivity index (χ1n) is 3.91. The zero-order valence-electron chi connectivity index (χ0n) is 7.04. The fourth-order valence-corrected chi connectivity index (χ4v) is 1.31. The molecule has 2 aromatic rings. The van der Waals surface area contributed by atoms with Gasteiger partial charge in [-0.3, -0.25) is 0 Å². The van der Waals surface area contributed by atoms with Gasteiger partial charge in [-0.05, 0) is 12.1 Å². The van der Waals surface area contributed by atoms with E-state index in [1.807, 2.05) is 0 Å². The van der Waals surface area contributed by atoms with Crippen LogP contribution < -0.4 is 4.74 Å². The number of halogens is 2. The van der Waals surface area contributed by atoms with Gasteiger partial charge in [0.2, 0.25) is 0 Å². The average Bonchev–Trinajstić information content (AvgIpc) is 2.64. The van der Waals surface area contributed by atoms with E-state index in [0.717, 1.165) is 0 Å². The summed E-state index contributed by atoms with van der Waals surface area (Å²) in [7, 11) is 0. The van der Waals surface area contributed by atoms with E-state index in [1.54, 1.807) is 24.3 Å². The molecule has 2 nitrogen and oxygen atoms in total. The van der Waals surface area contributed by atoms with Crippen LogP contribution in [0.2, 0.25) is 10.0 Å². The molecule has 0 atom stereocenters. The summed E-state index contributed by atoms with van der Waals surface area (Å²) < 4.78 is 10.3. The minimum absolute atomic E-state index is 0.510. The molecule has 1 heterocycles. The van der Waals surface area contributed by atoms with Crippen LogP contribution in [0.5, 0.6) is 11.5 Å². The molecule has 0 radical (unpaired) electrons. The first-order valence-corrected chi connectivity index (χ1v) is 4.66. The van der Waals surface area contributed by atoms with Gasteiger partial charge < -0.3 is 9.15 Å². The third kappa shape index (κ3) is 2.03. The normalized spacial score (nSPS) is 10.1. The van der Waals surface area contributed by atoms with Crippen LogP contribution >= 0.6 is 23.2 Å². The van der Waals surface area contributed by atoms with Crippen molar-refractivity contribution in [3.05, 3.63) is 46.8 Å². The van der Waals surface area contributed by atoms with Crippen LogP contribution in [0.3, 0.4) is 0 Å². The highest BCUT2D eigenvalue weighted by molar-refractivity contribution is 6.34. The van der Waals surface area contributed by atoms with E-state index in [4.69, 9.17) is 32.4 Å². The molecule has 0 spiro atoms. The molecule has 1 aromatic carbocycles. The first kappa shape index (κ1) is 9.44. The number of benzene rings is 1. The van der Waals surface area contributed by atoms with E-state index >= 15 is 0 Å². The van der Waals surface area contributed by atoms with Crippen LogP contribution in [0.1, 0.15) is 0 Å². The van der Waals surface area contributed by atoms with Crippen molar-refractivity contribution < 1.29 is 9.15 Å². The third-order valence-electron chi connectivity index (χ3n) is 1.62. The van der Waals surface area contributed by atoms with Gasteiger partial charge in [0.15, 0.2) is 5.75 Å². The summed E-state index contributed by atoms with van der Waals surface area (Å²) in [4.78, 5) is 0. The molecule has 0 aliphatic carbocycles. The Bertz CT molecular complexity index is 424. The van der Waals surface area contributed by atoms with Gasteiger partial charge in [-0.15, -0.1) is 0 Å². The fraction of sp³-hybridized carbons (Fsp3) is 0. The van der Waals surface area contributed by atoms with Gasteiger partial charge in [0, 0.05) is 17.2 Å². The SMILES string of the molecule is Clc1ccc(Cl)c(Oc2ccoc2)c1. The lowest BCUT2D eigenvalue weighted by atomic mass is 10.3. The van der Waals surface area contributed by atoms with E-state index in [9.17, 15) is 0 Å². The second kappa shape index (κ2) is 3.95. The van der Waals surface area contributed by atoms with Crippen LogP contribution in [-0.4, -0.2) is 0 Å². The quantitative estimate of drug-likeness (QED) is 0.762. The summed E-state index contributed by atoms with van der Waals surface area (Å²) in [6, 6.07) is 6.72. The highest BCUT2D eigenvalue weighted by Crippen LogP contribution is 2.31. The zero-order chi connectivity index (χ0) is 9.97. The molecule has 0 unspecified atom stereocenters. The summed E-state index contributed by atoms with van der Waals surface area (Å²) in [5.74, 6) is 1.11. The minimum atomic E-state index is 0.510. The van der Waals surface area contributed by atoms with Gasteiger partial charge >= 0.3 is 0 Å². The number of furan rings is 1. The Hall–Kier alpha value is -1.12. The summed E-state index contributed by atoms with van der Waals surface area (Å²) in [5.41, 5.74) is 0. The molecule has 0 fully saturated rings. The van der Waals surface area contributed by atoms with Crippen molar-refractivity contribution in [1.82, 2.24) is 0 Å². The van der Waals surface area contributed by atoms with Gasteiger partial charge in [-0.25, -0.2) is 0 Å². The number of rotatable bonds is 2. The van der Waals surface area contributed by atoms with Crippen molar-refractivity contribution >= 4 is 23.2 Å². The van der Waals surface area contributed by atoms with Crippen molar-refractivity contribution in [2.24, 2.45) is 0 Å². The molecule has 0 saturated heterocycles. The lowest BCUT2D eigenvalue weighted by molar-refractivity contribution is 0.466. The zero-order valence-corrected chi connectivity index (χ0v) is 8.55. The lowest BCUT2D eigenvalue weighted by Gasteiger charge is -2.04. The van der Waals surface area contributed by atoms with Crippen LogP contribution in [0.15, 0.2) is 41.2 Å². The maximum atomic E-state index is 5.90. The van der Waals surface area contributed by atoms with Gasteiger partial charge in [0.1, 0.15) is 12.0 Å². The Kier molecular flexibility index (Phi) is 2.66. The molecule has 4 heteroatoms. The van der Waals surface area contributed by atoms with Crippen LogP contribution in [0.25, 0.3) is 0 Å². The molecule has 0 N–H and O–H groups in total. The van der Waals surface area contributed by atoms with E-state index in [-0.39, 0.29) is 0 Å². The second-order valence-electron chi connectivity index (χ2n) is 2.64. The van der Waals surface area contributed by atoms with Gasteiger partial charge in [0.05, 0.1) is 11.3 Å². The smallest absolute Gasteiger partial charge is 0.165 e. The summed E-state index contributed by atoms with van der Waals surface area (Å²) in [6.07, 6.45) is 3.00. The van der Waals surface area contributed by atoms with Crippen molar-refractivity contribution in [3.63, 3.8) is 0 Å². The lowest BCUT2D eigenvalue weighted by Crippen LogP contribution is -1.82. The van der Waals surface area contributed by atoms with Gasteiger partial charge in [-0.1, -0.05) is 23.2 Å². The number of hydrogen-bond donors (Lipinski definition) is 0. The van der Waals surface area contributed by atoms with Crippen LogP contribution in [-0.2, 0) is 0 Å². The monoisotopic (exact) mass is 228 g/mol. The molecule has 72 valence electrons. The minimum Gasteiger partial charge on any atom is -0.469 e. The van der Waals surface area contributed by atoms with E-state index < -0.39 is 0 Å². The maximum absolute atomic E-state index is 5.90. The molecule has 0 saturated carbocycles. The Morgan fingerprint density at radius 1 is 1.14 bits per heavy atom. The Morgan fingerprint density at radius 2 is 2.00 bits per heavy atom. The molecule has 0 bridgehead atoms. The molecule has 0 aliphatic rings. The van der Waals surface area contributed by atoms with E-state index in [2.05, 4.69) is 0 Å². The Morgan fingerprint density at radius 3 is 2.71 bits per heavy atom. The number of hydrogen-bond acceptors (Lipinski definition) is 2.